The number of rotatable bonds is 2. The van der Waals surface area contributed by atoms with Gasteiger partial charge in [0.1, 0.15) is 0 Å². The summed E-state index contributed by atoms with van der Waals surface area (Å²) in [5, 5.41) is 9.92. The molecule has 1 saturated heterocycles. The molecule has 2 atom stereocenters. The van der Waals surface area contributed by atoms with Crippen LogP contribution in [0.1, 0.15) is 42.5 Å². The molecule has 2 fully saturated rings. The Kier molecular flexibility index (Phi) is 3.88. The zero-order chi connectivity index (χ0) is 14.1. The number of hydrogen-bond donors (Lipinski definition) is 1. The highest BCUT2D eigenvalue weighted by atomic mass is 35.5. The second-order valence-electron chi connectivity index (χ2n) is 5.98. The standard InChI is InChI=1S/C16H20ClNO2/c17-14-7-3-6-13(16(19)20)15(14)18-9-8-11-4-1-2-5-12(11)10-18/h3,6-7,11-12H,1-2,4-5,8-10H2,(H,19,20). The summed E-state index contributed by atoms with van der Waals surface area (Å²) in [6.07, 6.45) is 6.44. The molecule has 3 nitrogen and oxygen atoms in total. The second kappa shape index (κ2) is 5.65. The fourth-order valence-corrected chi connectivity index (χ4v) is 4.11. The summed E-state index contributed by atoms with van der Waals surface area (Å²) in [6.45, 7) is 1.87. The quantitative estimate of drug-likeness (QED) is 0.894. The van der Waals surface area contributed by atoms with E-state index < -0.39 is 5.97 Å². The van der Waals surface area contributed by atoms with Crippen LogP contribution in [0, 0.1) is 11.8 Å². The first kappa shape index (κ1) is 13.7. The van der Waals surface area contributed by atoms with E-state index in [0.29, 0.717) is 22.2 Å². The maximum Gasteiger partial charge on any atom is 0.337 e. The molecule has 1 N–H and O–H groups in total. The third kappa shape index (κ3) is 2.51. The molecule has 1 saturated carbocycles. The van der Waals surface area contributed by atoms with Crippen molar-refractivity contribution < 1.29 is 9.90 Å². The number of fused-ring (bicyclic) bond motifs is 1. The molecular formula is C16H20ClNO2. The van der Waals surface area contributed by atoms with Crippen molar-refractivity contribution >= 4 is 23.3 Å². The van der Waals surface area contributed by atoms with E-state index in [1.807, 2.05) is 0 Å². The number of carbonyl (C=O) groups is 1. The lowest BCUT2D eigenvalue weighted by Gasteiger charge is -2.42. The van der Waals surface area contributed by atoms with E-state index in [-0.39, 0.29) is 0 Å². The van der Waals surface area contributed by atoms with Crippen molar-refractivity contribution in [2.75, 3.05) is 18.0 Å². The van der Waals surface area contributed by atoms with Gasteiger partial charge in [-0.25, -0.2) is 4.79 Å². The van der Waals surface area contributed by atoms with Gasteiger partial charge in [0.2, 0.25) is 0 Å². The molecule has 4 heteroatoms. The van der Waals surface area contributed by atoms with Gasteiger partial charge >= 0.3 is 5.97 Å². The van der Waals surface area contributed by atoms with E-state index in [2.05, 4.69) is 4.90 Å². The van der Waals surface area contributed by atoms with Crippen molar-refractivity contribution in [3.05, 3.63) is 28.8 Å². The van der Waals surface area contributed by atoms with Crippen LogP contribution in [0.2, 0.25) is 5.02 Å². The number of para-hydroxylation sites is 1. The lowest BCUT2D eigenvalue weighted by Crippen LogP contribution is -2.42. The molecule has 1 heterocycles. The highest BCUT2D eigenvalue weighted by Gasteiger charge is 2.33. The highest BCUT2D eigenvalue weighted by molar-refractivity contribution is 6.34. The number of piperidine rings is 1. The fraction of sp³-hybridized carbons (Fsp3) is 0.562. The summed E-state index contributed by atoms with van der Waals surface area (Å²) in [7, 11) is 0. The second-order valence-corrected chi connectivity index (χ2v) is 6.39. The van der Waals surface area contributed by atoms with Crippen LogP contribution in [-0.4, -0.2) is 24.2 Å². The molecule has 2 unspecified atom stereocenters. The molecule has 0 amide bonds. The smallest absolute Gasteiger partial charge is 0.337 e. The number of halogens is 1. The molecule has 1 aliphatic heterocycles. The number of aromatic carboxylic acids is 1. The van der Waals surface area contributed by atoms with Gasteiger partial charge in [-0.05, 0) is 36.8 Å². The van der Waals surface area contributed by atoms with Crippen LogP contribution in [0.3, 0.4) is 0 Å². The van der Waals surface area contributed by atoms with Crippen molar-refractivity contribution in [3.63, 3.8) is 0 Å². The summed E-state index contributed by atoms with van der Waals surface area (Å²) < 4.78 is 0. The van der Waals surface area contributed by atoms with Gasteiger partial charge in [0, 0.05) is 13.1 Å². The number of carboxylic acids is 1. The minimum atomic E-state index is -0.895. The van der Waals surface area contributed by atoms with Gasteiger partial charge in [-0.1, -0.05) is 36.9 Å². The van der Waals surface area contributed by atoms with Gasteiger partial charge < -0.3 is 10.0 Å². The molecule has 3 rings (SSSR count). The number of benzene rings is 1. The van der Waals surface area contributed by atoms with Crippen LogP contribution >= 0.6 is 11.6 Å². The zero-order valence-corrected chi connectivity index (χ0v) is 12.3. The molecule has 1 aromatic rings. The summed E-state index contributed by atoms with van der Waals surface area (Å²) in [5.41, 5.74) is 1.04. The van der Waals surface area contributed by atoms with E-state index >= 15 is 0 Å². The summed E-state index contributed by atoms with van der Waals surface area (Å²) in [4.78, 5) is 13.6. The van der Waals surface area contributed by atoms with Crippen molar-refractivity contribution in [3.8, 4) is 0 Å². The molecule has 20 heavy (non-hydrogen) atoms. The predicted molar refractivity (Wildman–Crippen MR) is 80.7 cm³/mol. The molecule has 1 aliphatic carbocycles. The normalized spacial score (nSPS) is 26.1. The maximum absolute atomic E-state index is 11.4. The lowest BCUT2D eigenvalue weighted by atomic mass is 9.75. The molecule has 108 valence electrons. The van der Waals surface area contributed by atoms with Gasteiger partial charge in [-0.2, -0.15) is 0 Å². The Morgan fingerprint density at radius 1 is 1.20 bits per heavy atom. The SMILES string of the molecule is O=C(O)c1cccc(Cl)c1N1CCC2CCCCC2C1. The van der Waals surface area contributed by atoms with Crippen LogP contribution in [-0.2, 0) is 0 Å². The number of nitrogens with zero attached hydrogens (tertiary/aromatic N) is 1. The minimum Gasteiger partial charge on any atom is -0.478 e. The number of hydrogen-bond acceptors (Lipinski definition) is 2. The Bertz CT molecular complexity index is 517. The Balaban J connectivity index is 1.88. The third-order valence-electron chi connectivity index (χ3n) is 4.82. The van der Waals surface area contributed by atoms with E-state index in [1.165, 1.54) is 25.7 Å². The van der Waals surface area contributed by atoms with Gasteiger partial charge in [0.25, 0.3) is 0 Å². The van der Waals surface area contributed by atoms with Crippen LogP contribution in [0.25, 0.3) is 0 Å². The first-order valence-corrected chi connectivity index (χ1v) is 7.81. The van der Waals surface area contributed by atoms with Crippen LogP contribution in [0.5, 0.6) is 0 Å². The largest absolute Gasteiger partial charge is 0.478 e. The van der Waals surface area contributed by atoms with Gasteiger partial charge in [-0.3, -0.25) is 0 Å². The van der Waals surface area contributed by atoms with Gasteiger partial charge in [0.05, 0.1) is 16.3 Å². The van der Waals surface area contributed by atoms with Crippen molar-refractivity contribution in [1.82, 2.24) is 0 Å². The molecule has 0 spiro atoms. The summed E-state index contributed by atoms with van der Waals surface area (Å²) in [5.74, 6) is 0.638. The fourth-order valence-electron chi connectivity index (χ4n) is 3.81. The van der Waals surface area contributed by atoms with Crippen LogP contribution < -0.4 is 4.90 Å². The highest BCUT2D eigenvalue weighted by Crippen LogP contribution is 2.40. The predicted octanol–water partition coefficient (Wildman–Crippen LogP) is 4.05. The molecule has 0 aromatic heterocycles. The van der Waals surface area contributed by atoms with Gasteiger partial charge in [-0.15, -0.1) is 0 Å². The molecule has 0 bridgehead atoms. The van der Waals surface area contributed by atoms with Crippen molar-refractivity contribution in [1.29, 1.82) is 0 Å². The monoisotopic (exact) mass is 293 g/mol. The Morgan fingerprint density at radius 2 is 1.95 bits per heavy atom. The van der Waals surface area contributed by atoms with Crippen molar-refractivity contribution in [2.24, 2.45) is 11.8 Å². The number of carboxylic acid groups (broad SMARTS) is 1. The maximum atomic E-state index is 11.4. The molecular weight excluding hydrogens is 274 g/mol. The summed E-state index contributed by atoms with van der Waals surface area (Å²) in [6, 6.07) is 5.15. The van der Waals surface area contributed by atoms with E-state index in [9.17, 15) is 9.90 Å². The number of anilines is 1. The van der Waals surface area contributed by atoms with Crippen LogP contribution in [0.4, 0.5) is 5.69 Å². The van der Waals surface area contributed by atoms with Crippen LogP contribution in [0.15, 0.2) is 18.2 Å². The molecule has 2 aliphatic rings. The first-order chi connectivity index (χ1) is 9.66. The Morgan fingerprint density at radius 3 is 2.70 bits per heavy atom. The first-order valence-electron chi connectivity index (χ1n) is 7.43. The molecule has 1 aromatic carbocycles. The Labute approximate surface area is 124 Å². The topological polar surface area (TPSA) is 40.5 Å². The third-order valence-corrected chi connectivity index (χ3v) is 5.13. The van der Waals surface area contributed by atoms with Gasteiger partial charge in [0.15, 0.2) is 0 Å². The lowest BCUT2D eigenvalue weighted by molar-refractivity contribution is 0.0697. The average Bonchev–Trinajstić information content (AvgIpc) is 2.46. The summed E-state index contributed by atoms with van der Waals surface area (Å²) >= 11 is 6.28. The van der Waals surface area contributed by atoms with E-state index in [0.717, 1.165) is 25.4 Å². The van der Waals surface area contributed by atoms with Crippen molar-refractivity contribution in [2.45, 2.75) is 32.1 Å². The average molecular weight is 294 g/mol. The van der Waals surface area contributed by atoms with E-state index in [1.54, 1.807) is 18.2 Å². The molecule has 0 radical (unpaired) electrons. The van der Waals surface area contributed by atoms with E-state index in [4.69, 9.17) is 11.6 Å². The zero-order valence-electron chi connectivity index (χ0n) is 11.5. The minimum absolute atomic E-state index is 0.326. The Hall–Kier alpha value is -1.22.